The molecule has 3 aliphatic heterocycles. The van der Waals surface area contributed by atoms with Crippen molar-refractivity contribution in [3.05, 3.63) is 54.1 Å². The average molecular weight is 344 g/mol. The van der Waals surface area contributed by atoms with Crippen LogP contribution in [0.25, 0.3) is 10.8 Å². The minimum atomic E-state index is -0.747. The first-order chi connectivity index (χ1) is 12.4. The van der Waals surface area contributed by atoms with Crippen molar-refractivity contribution in [2.45, 2.75) is 25.0 Å². The maximum absolute atomic E-state index is 13.3. The van der Waals surface area contributed by atoms with Gasteiger partial charge in [0.25, 0.3) is 0 Å². The molecule has 3 aliphatic rings. The number of rotatable bonds is 1. The van der Waals surface area contributed by atoms with Crippen LogP contribution in [0.5, 0.6) is 0 Å². The van der Waals surface area contributed by atoms with Crippen LogP contribution in [0.1, 0.15) is 19.4 Å². The predicted molar refractivity (Wildman–Crippen MR) is 95.2 cm³/mol. The van der Waals surface area contributed by atoms with Gasteiger partial charge in [0, 0.05) is 10.8 Å². The maximum Gasteiger partial charge on any atom is 0.241 e. The molecule has 0 aromatic heterocycles. The van der Waals surface area contributed by atoms with E-state index in [2.05, 4.69) is 6.07 Å². The van der Waals surface area contributed by atoms with Crippen LogP contribution in [0.2, 0.25) is 0 Å². The van der Waals surface area contributed by atoms with E-state index >= 15 is 0 Å². The summed E-state index contributed by atoms with van der Waals surface area (Å²) in [5.74, 6) is -1.49. The number of imide groups is 1. The Balaban J connectivity index is 1.70. The van der Waals surface area contributed by atoms with Gasteiger partial charge in [-0.15, -0.1) is 0 Å². The Labute approximate surface area is 150 Å². The molecular weight excluding hydrogens is 328 g/mol. The third kappa shape index (κ3) is 1.63. The van der Waals surface area contributed by atoms with Crippen LogP contribution in [0, 0.1) is 23.2 Å². The van der Waals surface area contributed by atoms with Gasteiger partial charge in [0.1, 0.15) is 0 Å². The summed E-state index contributed by atoms with van der Waals surface area (Å²) in [5.41, 5.74) is -0.435. The fourth-order valence-corrected chi connectivity index (χ4v) is 4.84. The molecule has 2 bridgehead atoms. The van der Waals surface area contributed by atoms with Crippen molar-refractivity contribution in [2.75, 3.05) is 4.90 Å². The number of carbonyl (C=O) groups excluding carboxylic acids is 2. The zero-order valence-corrected chi connectivity index (χ0v) is 14.4. The van der Waals surface area contributed by atoms with E-state index in [-0.39, 0.29) is 11.8 Å². The number of hydrogen-bond acceptors (Lipinski definition) is 4. The lowest BCUT2D eigenvalue weighted by Gasteiger charge is -2.26. The van der Waals surface area contributed by atoms with Gasteiger partial charge in [0.05, 0.1) is 40.4 Å². The van der Waals surface area contributed by atoms with E-state index in [4.69, 9.17) is 4.74 Å². The highest BCUT2D eigenvalue weighted by atomic mass is 16.5. The Morgan fingerprint density at radius 1 is 0.962 bits per heavy atom. The molecule has 2 fully saturated rings. The van der Waals surface area contributed by atoms with Gasteiger partial charge in [-0.05, 0) is 26.0 Å². The second kappa shape index (κ2) is 4.60. The Morgan fingerprint density at radius 3 is 2.12 bits per heavy atom. The lowest BCUT2D eigenvalue weighted by atomic mass is 9.73. The van der Waals surface area contributed by atoms with Crippen LogP contribution in [0.4, 0.5) is 5.69 Å². The van der Waals surface area contributed by atoms with Gasteiger partial charge in [0.15, 0.2) is 0 Å². The van der Waals surface area contributed by atoms with Crippen molar-refractivity contribution in [1.82, 2.24) is 0 Å². The van der Waals surface area contributed by atoms with Crippen molar-refractivity contribution in [2.24, 2.45) is 11.8 Å². The number of ether oxygens (including phenoxy) is 1. The quantitative estimate of drug-likeness (QED) is 0.589. The van der Waals surface area contributed by atoms with Crippen LogP contribution >= 0.6 is 0 Å². The van der Waals surface area contributed by atoms with Crippen LogP contribution < -0.4 is 4.90 Å². The first-order valence-electron chi connectivity index (χ1n) is 8.60. The molecule has 2 amide bonds. The molecular formula is C21H16N2O3. The number of fused-ring (bicyclic) bond motifs is 6. The Hall–Kier alpha value is -2.97. The normalized spacial score (nSPS) is 34.6. The number of amides is 2. The van der Waals surface area contributed by atoms with Crippen LogP contribution in [-0.2, 0) is 14.3 Å². The third-order valence-electron chi connectivity index (χ3n) is 5.99. The van der Waals surface area contributed by atoms with E-state index in [0.29, 0.717) is 11.3 Å². The molecule has 0 spiro atoms. The summed E-state index contributed by atoms with van der Waals surface area (Å²) >= 11 is 0. The van der Waals surface area contributed by atoms with Gasteiger partial charge in [-0.1, -0.05) is 36.4 Å². The molecule has 5 rings (SSSR count). The van der Waals surface area contributed by atoms with E-state index < -0.39 is 23.0 Å². The first-order valence-corrected chi connectivity index (χ1v) is 8.60. The molecule has 5 nitrogen and oxygen atoms in total. The zero-order chi connectivity index (χ0) is 18.3. The largest absolute Gasteiger partial charge is 0.359 e. The monoisotopic (exact) mass is 344 g/mol. The molecule has 0 saturated carbocycles. The molecule has 0 N–H and O–H groups in total. The molecule has 128 valence electrons. The molecule has 26 heavy (non-hydrogen) atoms. The lowest BCUT2D eigenvalue weighted by Crippen LogP contribution is -2.39. The van der Waals surface area contributed by atoms with E-state index in [9.17, 15) is 14.9 Å². The summed E-state index contributed by atoms with van der Waals surface area (Å²) in [6, 6.07) is 12.9. The van der Waals surface area contributed by atoms with Crippen molar-refractivity contribution >= 4 is 28.3 Å². The standard InChI is InChI=1S/C21H16N2O3/c1-20-9-10-21(2,26-20)17-16(20)18(24)23(19(17)25)15-8-7-12(11-22)13-5-3-4-6-14(13)15/h3-10,16-17H,1-2H3/t16-,17+,20-,21+. The van der Waals surface area contributed by atoms with Gasteiger partial charge >= 0.3 is 0 Å². The second-order valence-corrected chi connectivity index (χ2v) is 7.56. The number of nitriles is 1. The Morgan fingerprint density at radius 2 is 1.54 bits per heavy atom. The summed E-state index contributed by atoms with van der Waals surface area (Å²) in [6.45, 7) is 3.73. The molecule has 5 heteroatoms. The summed E-state index contributed by atoms with van der Waals surface area (Å²) < 4.78 is 6.04. The smallest absolute Gasteiger partial charge is 0.241 e. The van der Waals surface area contributed by atoms with Crippen LogP contribution in [-0.4, -0.2) is 23.0 Å². The number of benzene rings is 2. The average Bonchev–Trinajstić information content (AvgIpc) is 3.18. The third-order valence-corrected chi connectivity index (χ3v) is 5.99. The van der Waals surface area contributed by atoms with E-state index in [1.165, 1.54) is 4.90 Å². The molecule has 2 saturated heterocycles. The molecule has 4 atom stereocenters. The topological polar surface area (TPSA) is 70.4 Å². The van der Waals surface area contributed by atoms with Crippen molar-refractivity contribution < 1.29 is 14.3 Å². The maximum atomic E-state index is 13.3. The fourth-order valence-electron chi connectivity index (χ4n) is 4.84. The lowest BCUT2D eigenvalue weighted by molar-refractivity contribution is -0.128. The van der Waals surface area contributed by atoms with Gasteiger partial charge in [0.2, 0.25) is 11.8 Å². The molecule has 0 aliphatic carbocycles. The molecule has 0 unspecified atom stereocenters. The van der Waals surface area contributed by atoms with Gasteiger partial charge in [-0.25, -0.2) is 4.90 Å². The SMILES string of the molecule is C[C@]12C=C[C@](C)(O1)[C@@H]1C(=O)N(c3ccc(C#N)c4ccccc34)C(=O)[C@@H]12. The fraction of sp³-hybridized carbons (Fsp3) is 0.286. The number of carbonyl (C=O) groups is 2. The van der Waals surface area contributed by atoms with E-state index in [1.807, 2.05) is 50.3 Å². The highest BCUT2D eigenvalue weighted by Gasteiger charge is 2.70. The Kier molecular flexibility index (Phi) is 2.71. The molecule has 2 aromatic carbocycles. The van der Waals surface area contributed by atoms with Crippen LogP contribution in [0.15, 0.2) is 48.6 Å². The van der Waals surface area contributed by atoms with Crippen molar-refractivity contribution in [1.29, 1.82) is 5.26 Å². The summed E-state index contributed by atoms with van der Waals surface area (Å²) in [6.07, 6.45) is 3.81. The highest BCUT2D eigenvalue weighted by Crippen LogP contribution is 2.57. The molecule has 0 radical (unpaired) electrons. The minimum absolute atomic E-state index is 0.231. The predicted octanol–water partition coefficient (Wildman–Crippen LogP) is 2.93. The number of nitrogens with zero attached hydrogens (tertiary/aromatic N) is 2. The zero-order valence-electron chi connectivity index (χ0n) is 14.4. The van der Waals surface area contributed by atoms with E-state index in [1.54, 1.807) is 12.1 Å². The van der Waals surface area contributed by atoms with Gasteiger partial charge < -0.3 is 4.74 Å². The van der Waals surface area contributed by atoms with Gasteiger partial charge in [-0.3, -0.25) is 9.59 Å². The van der Waals surface area contributed by atoms with Crippen molar-refractivity contribution in [3.8, 4) is 6.07 Å². The second-order valence-electron chi connectivity index (χ2n) is 7.56. The van der Waals surface area contributed by atoms with E-state index in [0.717, 1.165) is 10.8 Å². The number of hydrogen-bond donors (Lipinski definition) is 0. The summed E-state index contributed by atoms with van der Waals surface area (Å²) in [7, 11) is 0. The summed E-state index contributed by atoms with van der Waals surface area (Å²) in [4.78, 5) is 27.8. The Bertz CT molecular complexity index is 1050. The van der Waals surface area contributed by atoms with Crippen LogP contribution in [0.3, 0.4) is 0 Å². The molecule has 2 aromatic rings. The number of anilines is 1. The molecule has 3 heterocycles. The van der Waals surface area contributed by atoms with Gasteiger partial charge in [-0.2, -0.15) is 5.26 Å². The highest BCUT2D eigenvalue weighted by molar-refractivity contribution is 6.26. The van der Waals surface area contributed by atoms with Crippen molar-refractivity contribution in [3.63, 3.8) is 0 Å². The minimum Gasteiger partial charge on any atom is -0.359 e. The first kappa shape index (κ1) is 15.3. The summed E-state index contributed by atoms with van der Waals surface area (Å²) in [5, 5.41) is 10.8.